The number of fused-ring (bicyclic) bond motifs is 3. The van der Waals surface area contributed by atoms with Gasteiger partial charge in [0.25, 0.3) is 0 Å². The number of hydrogen-bond donors (Lipinski definition) is 0. The van der Waals surface area contributed by atoms with Gasteiger partial charge in [0.15, 0.2) is 0 Å². The number of hydrogen-bond acceptors (Lipinski definition) is 2. The van der Waals surface area contributed by atoms with E-state index in [4.69, 9.17) is 12.1 Å². The zero-order valence-electron chi connectivity index (χ0n) is 19.4. The van der Waals surface area contributed by atoms with Gasteiger partial charge in [0, 0.05) is 25.3 Å². The van der Waals surface area contributed by atoms with E-state index in [0.29, 0.717) is 11.1 Å². The third-order valence-corrected chi connectivity index (χ3v) is 7.49. The molecule has 3 aromatic carbocycles. The van der Waals surface area contributed by atoms with Gasteiger partial charge in [0.1, 0.15) is 11.2 Å². The van der Waals surface area contributed by atoms with Gasteiger partial charge in [-0.05, 0) is 47.0 Å². The van der Waals surface area contributed by atoms with E-state index in [1.165, 1.54) is 5.19 Å². The molecule has 0 aliphatic heterocycles. The number of para-hydroxylation sites is 1. The molecule has 0 radical (unpaired) electrons. The SMILES string of the molecule is [2H]C([2H])(c1ccccc1)c1ccc2oc3c(-c4ccc([Si](C)(C)C)cn4)cccc3c2c1. The highest BCUT2D eigenvalue weighted by atomic mass is 28.3. The Bertz CT molecular complexity index is 1420. The molecule has 0 spiro atoms. The Balaban J connectivity index is 1.64. The maximum absolute atomic E-state index is 8.72. The predicted molar refractivity (Wildman–Crippen MR) is 129 cm³/mol. The number of rotatable bonds is 4. The molecule has 148 valence electrons. The molecule has 0 amide bonds. The molecule has 5 rings (SSSR count). The van der Waals surface area contributed by atoms with Crippen LogP contribution in [0.3, 0.4) is 0 Å². The van der Waals surface area contributed by atoms with E-state index in [0.717, 1.165) is 33.2 Å². The fraction of sp³-hybridized carbons (Fsp3) is 0.148. The molecule has 3 heteroatoms. The minimum Gasteiger partial charge on any atom is -0.455 e. The van der Waals surface area contributed by atoms with Crippen molar-refractivity contribution in [3.8, 4) is 11.3 Å². The Hall–Kier alpha value is -3.17. The summed E-state index contributed by atoms with van der Waals surface area (Å²) in [5.74, 6) is 0. The summed E-state index contributed by atoms with van der Waals surface area (Å²) in [6.07, 6.45) is 0.403. The van der Waals surface area contributed by atoms with Crippen LogP contribution in [0.4, 0.5) is 0 Å². The summed E-state index contributed by atoms with van der Waals surface area (Å²) in [6, 6.07) is 25.2. The number of nitrogens with zero attached hydrogens (tertiary/aromatic N) is 1. The number of furan rings is 1. The molecule has 0 bridgehead atoms. The maximum Gasteiger partial charge on any atom is 0.144 e. The molecule has 5 aromatic rings. The normalized spacial score (nSPS) is 13.4. The van der Waals surface area contributed by atoms with Gasteiger partial charge in [0.05, 0.1) is 13.8 Å². The van der Waals surface area contributed by atoms with Gasteiger partial charge in [0.2, 0.25) is 0 Å². The van der Waals surface area contributed by atoms with E-state index in [2.05, 4.69) is 31.8 Å². The van der Waals surface area contributed by atoms with Gasteiger partial charge >= 0.3 is 0 Å². The van der Waals surface area contributed by atoms with Crippen LogP contribution in [0.1, 0.15) is 13.9 Å². The van der Waals surface area contributed by atoms with Crippen LogP contribution in [0.25, 0.3) is 33.2 Å². The van der Waals surface area contributed by atoms with Crippen LogP contribution in [0.5, 0.6) is 0 Å². The number of pyridine rings is 1. The molecule has 0 aliphatic carbocycles. The monoisotopic (exact) mass is 409 g/mol. The summed E-state index contributed by atoms with van der Waals surface area (Å²) < 4.78 is 23.7. The first-order chi connectivity index (χ1) is 15.2. The maximum atomic E-state index is 8.72. The average molecular weight is 410 g/mol. The molecule has 0 unspecified atom stereocenters. The van der Waals surface area contributed by atoms with Crippen LogP contribution in [0.15, 0.2) is 89.5 Å². The Morgan fingerprint density at radius 2 is 1.67 bits per heavy atom. The summed E-state index contributed by atoms with van der Waals surface area (Å²) in [4.78, 5) is 4.75. The zero-order chi connectivity index (χ0) is 22.5. The van der Waals surface area contributed by atoms with Crippen molar-refractivity contribution in [1.82, 2.24) is 4.98 Å². The Kier molecular flexibility index (Phi) is 4.02. The Morgan fingerprint density at radius 3 is 2.40 bits per heavy atom. The zero-order valence-corrected chi connectivity index (χ0v) is 18.4. The molecule has 0 N–H and O–H groups in total. The van der Waals surface area contributed by atoms with Gasteiger partial charge in [-0.25, -0.2) is 0 Å². The van der Waals surface area contributed by atoms with Gasteiger partial charge in [-0.2, -0.15) is 0 Å². The van der Waals surface area contributed by atoms with Gasteiger partial charge in [-0.1, -0.05) is 74.2 Å². The molecule has 30 heavy (non-hydrogen) atoms. The second kappa shape index (κ2) is 7.26. The summed E-state index contributed by atoms with van der Waals surface area (Å²) in [6.45, 7) is 6.94. The number of benzene rings is 3. The van der Waals surface area contributed by atoms with Crippen LogP contribution < -0.4 is 5.19 Å². The van der Waals surface area contributed by atoms with E-state index in [1.54, 1.807) is 0 Å². The lowest BCUT2D eigenvalue weighted by molar-refractivity contribution is 0.669. The van der Waals surface area contributed by atoms with Crippen LogP contribution in [0.2, 0.25) is 19.6 Å². The first-order valence-electron chi connectivity index (χ1n) is 11.2. The van der Waals surface area contributed by atoms with Crippen LogP contribution in [-0.4, -0.2) is 13.1 Å². The first-order valence-corrected chi connectivity index (χ1v) is 13.7. The van der Waals surface area contributed by atoms with E-state index in [-0.39, 0.29) is 0 Å². The molecule has 0 saturated carbocycles. The lowest BCUT2D eigenvalue weighted by Gasteiger charge is -2.16. The number of aromatic nitrogens is 1. The molecule has 0 aliphatic rings. The molecule has 2 nitrogen and oxygen atoms in total. The fourth-order valence-corrected chi connectivity index (χ4v) is 4.80. The molecular formula is C27H25NOSi. The molecule has 0 saturated heterocycles. The first kappa shape index (κ1) is 16.6. The van der Waals surface area contributed by atoms with Crippen molar-refractivity contribution in [3.05, 3.63) is 96.2 Å². The molecule has 2 aromatic heterocycles. The Morgan fingerprint density at radius 1 is 0.833 bits per heavy atom. The predicted octanol–water partition coefficient (Wildman–Crippen LogP) is 6.78. The summed E-state index contributed by atoms with van der Waals surface area (Å²) in [7, 11) is -1.41. The lowest BCUT2D eigenvalue weighted by Crippen LogP contribution is -2.37. The molecule has 2 heterocycles. The van der Waals surface area contributed by atoms with Gasteiger partial charge in [-0.3, -0.25) is 4.98 Å². The average Bonchev–Trinajstić information content (AvgIpc) is 3.17. The quantitative estimate of drug-likeness (QED) is 0.306. The molecule has 0 atom stereocenters. The van der Waals surface area contributed by atoms with E-state index >= 15 is 0 Å². The van der Waals surface area contributed by atoms with Crippen LogP contribution in [0, 0.1) is 0 Å². The molecular weight excluding hydrogens is 382 g/mol. The van der Waals surface area contributed by atoms with Gasteiger partial charge < -0.3 is 4.42 Å². The largest absolute Gasteiger partial charge is 0.455 e. The summed E-state index contributed by atoms with van der Waals surface area (Å²) in [5.41, 5.74) is 4.62. The van der Waals surface area contributed by atoms with E-state index in [9.17, 15) is 0 Å². The minimum atomic E-state index is -1.59. The van der Waals surface area contributed by atoms with Crippen molar-refractivity contribution < 1.29 is 7.16 Å². The van der Waals surface area contributed by atoms with Crippen molar-refractivity contribution in [2.75, 3.05) is 0 Å². The fourth-order valence-electron chi connectivity index (χ4n) is 3.76. The second-order valence-electron chi connectivity index (χ2n) is 8.67. The van der Waals surface area contributed by atoms with Crippen molar-refractivity contribution >= 4 is 35.2 Å². The highest BCUT2D eigenvalue weighted by molar-refractivity contribution is 6.88. The van der Waals surface area contributed by atoms with Crippen molar-refractivity contribution in [1.29, 1.82) is 0 Å². The third-order valence-electron chi connectivity index (χ3n) is 5.46. The minimum absolute atomic E-state index is 0.613. The third kappa shape index (κ3) is 3.46. The topological polar surface area (TPSA) is 26.0 Å². The van der Waals surface area contributed by atoms with Crippen molar-refractivity contribution in [3.63, 3.8) is 0 Å². The van der Waals surface area contributed by atoms with Crippen LogP contribution >= 0.6 is 0 Å². The van der Waals surface area contributed by atoms with Gasteiger partial charge in [-0.15, -0.1) is 0 Å². The highest BCUT2D eigenvalue weighted by Crippen LogP contribution is 2.35. The summed E-state index contributed by atoms with van der Waals surface area (Å²) >= 11 is 0. The van der Waals surface area contributed by atoms with Crippen molar-refractivity contribution in [2.45, 2.75) is 26.0 Å². The second-order valence-corrected chi connectivity index (χ2v) is 13.7. The van der Waals surface area contributed by atoms with E-state index in [1.807, 2.05) is 72.9 Å². The van der Waals surface area contributed by atoms with Crippen LogP contribution in [-0.2, 0) is 6.37 Å². The summed E-state index contributed by atoms with van der Waals surface area (Å²) in [5, 5.41) is 3.21. The highest BCUT2D eigenvalue weighted by Gasteiger charge is 2.18. The standard InChI is InChI=1S/C27H25NOSi/c1-30(2,3)21-13-14-25(28-18-21)23-11-7-10-22-24-17-20(12-15-26(24)29-27(22)23)16-19-8-5-4-6-9-19/h4-15,17-18H,16H2,1-3H3/i16D2. The van der Waals surface area contributed by atoms with Crippen molar-refractivity contribution in [2.24, 2.45) is 0 Å². The smallest absolute Gasteiger partial charge is 0.144 e. The molecule has 0 fully saturated rings. The Labute approximate surface area is 181 Å². The lowest BCUT2D eigenvalue weighted by atomic mass is 10.0. The van der Waals surface area contributed by atoms with E-state index < -0.39 is 14.4 Å².